The average molecular weight is 229 g/mol. The van der Waals surface area contributed by atoms with Crippen molar-refractivity contribution in [1.82, 2.24) is 9.78 Å². The summed E-state index contributed by atoms with van der Waals surface area (Å²) >= 11 is 1.76. The number of aryl methyl sites for hydroxylation is 1. The maximum absolute atomic E-state index is 9.67. The van der Waals surface area contributed by atoms with Crippen molar-refractivity contribution >= 4 is 11.8 Å². The highest BCUT2D eigenvalue weighted by Gasteiger charge is 2.16. The van der Waals surface area contributed by atoms with Gasteiger partial charge in [-0.25, -0.2) is 0 Å². The van der Waals surface area contributed by atoms with Gasteiger partial charge in [0.25, 0.3) is 0 Å². The topological polar surface area (TPSA) is 64.1 Å². The number of rotatable bonds is 6. The van der Waals surface area contributed by atoms with Crippen LogP contribution in [0.5, 0.6) is 0 Å². The molecule has 1 atom stereocenters. The summed E-state index contributed by atoms with van der Waals surface area (Å²) in [6, 6.07) is 0. The van der Waals surface area contributed by atoms with Crippen LogP contribution in [-0.4, -0.2) is 32.8 Å². The van der Waals surface area contributed by atoms with E-state index < -0.39 is 5.60 Å². The fourth-order valence-electron chi connectivity index (χ4n) is 1.22. The Hall–Kier alpha value is -0.520. The highest BCUT2D eigenvalue weighted by molar-refractivity contribution is 7.99. The molecule has 4 nitrogen and oxygen atoms in total. The van der Waals surface area contributed by atoms with Gasteiger partial charge in [0, 0.05) is 24.7 Å². The molecule has 5 heteroatoms. The number of nitrogens with zero attached hydrogens (tertiary/aromatic N) is 2. The summed E-state index contributed by atoms with van der Waals surface area (Å²) in [4.78, 5) is 1.17. The first-order chi connectivity index (χ1) is 7.03. The van der Waals surface area contributed by atoms with Crippen LogP contribution in [0.4, 0.5) is 0 Å². The molecule has 0 aromatic carbocycles. The van der Waals surface area contributed by atoms with Gasteiger partial charge in [0.2, 0.25) is 0 Å². The molecule has 0 fully saturated rings. The van der Waals surface area contributed by atoms with E-state index >= 15 is 0 Å². The van der Waals surface area contributed by atoms with Gasteiger partial charge < -0.3 is 10.8 Å². The predicted octanol–water partition coefficient (Wildman–Crippen LogP) is 1.00. The second-order valence-corrected chi connectivity index (χ2v) is 5.17. The standard InChI is InChI=1S/C10H19N3OS/c1-10(14,8-11)4-3-5-15-9-6-12-13(2)7-9/h6-7,14H,3-5,8,11H2,1-2H3. The molecule has 1 aromatic rings. The van der Waals surface area contributed by atoms with Crippen molar-refractivity contribution in [2.45, 2.75) is 30.3 Å². The lowest BCUT2D eigenvalue weighted by molar-refractivity contribution is 0.0596. The summed E-state index contributed by atoms with van der Waals surface area (Å²) in [6.07, 6.45) is 5.55. The zero-order valence-corrected chi connectivity index (χ0v) is 10.1. The first kappa shape index (κ1) is 12.5. The van der Waals surface area contributed by atoms with E-state index in [0.717, 1.165) is 18.6 Å². The molecule has 0 saturated heterocycles. The van der Waals surface area contributed by atoms with Crippen LogP contribution in [0.1, 0.15) is 19.8 Å². The zero-order valence-electron chi connectivity index (χ0n) is 9.31. The second-order valence-electron chi connectivity index (χ2n) is 4.00. The molecule has 1 heterocycles. The van der Waals surface area contributed by atoms with Crippen molar-refractivity contribution in [2.24, 2.45) is 12.8 Å². The molecule has 0 aliphatic carbocycles. The first-order valence-corrected chi connectivity index (χ1v) is 6.06. The molecule has 1 rings (SSSR count). The zero-order chi connectivity index (χ0) is 11.3. The van der Waals surface area contributed by atoms with E-state index in [2.05, 4.69) is 5.10 Å². The summed E-state index contributed by atoms with van der Waals surface area (Å²) in [6.45, 7) is 2.10. The molecule has 86 valence electrons. The summed E-state index contributed by atoms with van der Waals surface area (Å²) in [5, 5.41) is 13.8. The van der Waals surface area contributed by atoms with E-state index in [1.54, 1.807) is 23.4 Å². The SMILES string of the molecule is Cn1cc(SCCCC(C)(O)CN)cn1. The van der Waals surface area contributed by atoms with Crippen LogP contribution in [0, 0.1) is 0 Å². The van der Waals surface area contributed by atoms with Gasteiger partial charge in [-0.1, -0.05) is 0 Å². The Kier molecular flexibility index (Phi) is 4.63. The Morgan fingerprint density at radius 2 is 2.40 bits per heavy atom. The smallest absolute Gasteiger partial charge is 0.0741 e. The maximum Gasteiger partial charge on any atom is 0.0741 e. The van der Waals surface area contributed by atoms with Crippen LogP contribution in [0.2, 0.25) is 0 Å². The largest absolute Gasteiger partial charge is 0.389 e. The first-order valence-electron chi connectivity index (χ1n) is 5.07. The third-order valence-electron chi connectivity index (χ3n) is 2.25. The lowest BCUT2D eigenvalue weighted by atomic mass is 10.0. The number of nitrogens with two attached hydrogens (primary N) is 1. The molecule has 0 bridgehead atoms. The van der Waals surface area contributed by atoms with Gasteiger partial charge in [0.15, 0.2) is 0 Å². The van der Waals surface area contributed by atoms with Gasteiger partial charge >= 0.3 is 0 Å². The monoisotopic (exact) mass is 229 g/mol. The van der Waals surface area contributed by atoms with Crippen molar-refractivity contribution in [1.29, 1.82) is 0 Å². The Morgan fingerprint density at radius 3 is 2.93 bits per heavy atom. The Labute approximate surface area is 94.9 Å². The minimum atomic E-state index is -0.713. The van der Waals surface area contributed by atoms with E-state index in [4.69, 9.17) is 5.73 Å². The van der Waals surface area contributed by atoms with Gasteiger partial charge in [-0.2, -0.15) is 5.10 Å². The summed E-state index contributed by atoms with van der Waals surface area (Å²) in [5.41, 5.74) is 4.72. The van der Waals surface area contributed by atoms with Crippen LogP contribution in [-0.2, 0) is 7.05 Å². The average Bonchev–Trinajstić information content (AvgIpc) is 2.59. The molecule has 0 aliphatic heterocycles. The van der Waals surface area contributed by atoms with E-state index in [1.165, 1.54) is 4.90 Å². The van der Waals surface area contributed by atoms with E-state index in [9.17, 15) is 5.11 Å². The van der Waals surface area contributed by atoms with Crippen molar-refractivity contribution in [2.75, 3.05) is 12.3 Å². The molecule has 0 spiro atoms. The second kappa shape index (κ2) is 5.53. The predicted molar refractivity (Wildman–Crippen MR) is 62.8 cm³/mol. The molecular weight excluding hydrogens is 210 g/mol. The lowest BCUT2D eigenvalue weighted by Crippen LogP contribution is -2.34. The van der Waals surface area contributed by atoms with Crippen LogP contribution >= 0.6 is 11.8 Å². The Balaban J connectivity index is 2.17. The van der Waals surface area contributed by atoms with Crippen LogP contribution in [0.15, 0.2) is 17.3 Å². The maximum atomic E-state index is 9.67. The molecule has 3 N–H and O–H groups in total. The molecular formula is C10H19N3OS. The van der Waals surface area contributed by atoms with Gasteiger partial charge in [-0.3, -0.25) is 4.68 Å². The fourth-order valence-corrected chi connectivity index (χ4v) is 2.09. The van der Waals surface area contributed by atoms with Crippen LogP contribution in [0.25, 0.3) is 0 Å². The highest BCUT2D eigenvalue weighted by atomic mass is 32.2. The number of aliphatic hydroxyl groups is 1. The van der Waals surface area contributed by atoms with E-state index in [0.29, 0.717) is 6.54 Å². The molecule has 0 amide bonds. The number of aromatic nitrogens is 2. The number of hydrogen-bond donors (Lipinski definition) is 2. The third kappa shape index (κ3) is 4.68. The minimum Gasteiger partial charge on any atom is -0.389 e. The van der Waals surface area contributed by atoms with Crippen molar-refractivity contribution in [3.05, 3.63) is 12.4 Å². The summed E-state index contributed by atoms with van der Waals surface area (Å²) in [5.74, 6) is 0.988. The molecule has 0 saturated carbocycles. The van der Waals surface area contributed by atoms with Crippen molar-refractivity contribution in [3.8, 4) is 0 Å². The van der Waals surface area contributed by atoms with Gasteiger partial charge in [0.05, 0.1) is 11.8 Å². The van der Waals surface area contributed by atoms with Crippen molar-refractivity contribution < 1.29 is 5.11 Å². The summed E-state index contributed by atoms with van der Waals surface area (Å²) in [7, 11) is 1.91. The quantitative estimate of drug-likeness (QED) is 0.564. The molecule has 1 aromatic heterocycles. The van der Waals surface area contributed by atoms with Crippen molar-refractivity contribution in [3.63, 3.8) is 0 Å². The molecule has 0 aliphatic rings. The lowest BCUT2D eigenvalue weighted by Gasteiger charge is -2.20. The van der Waals surface area contributed by atoms with Gasteiger partial charge in [-0.15, -0.1) is 11.8 Å². The molecule has 15 heavy (non-hydrogen) atoms. The summed E-state index contributed by atoms with van der Waals surface area (Å²) < 4.78 is 1.79. The Bertz CT molecular complexity index is 299. The number of thioether (sulfide) groups is 1. The fraction of sp³-hybridized carbons (Fsp3) is 0.700. The Morgan fingerprint density at radius 1 is 1.67 bits per heavy atom. The highest BCUT2D eigenvalue weighted by Crippen LogP contribution is 2.20. The number of hydrogen-bond acceptors (Lipinski definition) is 4. The van der Waals surface area contributed by atoms with E-state index in [1.807, 2.05) is 19.4 Å². The normalized spacial score (nSPS) is 15.2. The molecule has 1 unspecified atom stereocenters. The van der Waals surface area contributed by atoms with Gasteiger partial charge in [0.1, 0.15) is 0 Å². The van der Waals surface area contributed by atoms with E-state index in [-0.39, 0.29) is 0 Å². The van der Waals surface area contributed by atoms with Crippen LogP contribution < -0.4 is 5.73 Å². The van der Waals surface area contributed by atoms with Gasteiger partial charge in [-0.05, 0) is 25.5 Å². The van der Waals surface area contributed by atoms with Crippen LogP contribution in [0.3, 0.4) is 0 Å². The molecule has 0 radical (unpaired) electrons. The minimum absolute atomic E-state index is 0.324. The third-order valence-corrected chi connectivity index (χ3v) is 3.29.